The predicted molar refractivity (Wildman–Crippen MR) is 85.9 cm³/mol. The Bertz CT molecular complexity index is 889. The molecule has 2 aromatic carbocycles. The average Bonchev–Trinajstić information content (AvgIpc) is 2.91. The Kier molecular flexibility index (Phi) is 4.07. The first kappa shape index (κ1) is 15.5. The number of carboxylic acid groups (broad SMARTS) is 1. The van der Waals surface area contributed by atoms with Crippen LogP contribution in [0, 0.1) is 5.82 Å². The third kappa shape index (κ3) is 3.21. The molecule has 3 rings (SSSR count). The summed E-state index contributed by atoms with van der Waals surface area (Å²) in [4.78, 5) is 11.2. The summed E-state index contributed by atoms with van der Waals surface area (Å²) in [6.07, 6.45) is 0. The molecule has 0 unspecified atom stereocenters. The number of aromatic carboxylic acids is 1. The van der Waals surface area contributed by atoms with Gasteiger partial charge < -0.3 is 5.11 Å². The van der Waals surface area contributed by atoms with Gasteiger partial charge in [0.05, 0.1) is 11.4 Å². The first-order valence-corrected chi connectivity index (χ1v) is 7.25. The standard InChI is InChI=1S/C16H9Cl2FN2O2/c17-10-2-1-3-13(7-10)21-15(8-14(20-21)16(22)23)9-4-11(18)6-12(19)5-9/h1-8H,(H,22,23). The number of benzene rings is 2. The van der Waals surface area contributed by atoms with Gasteiger partial charge in [-0.1, -0.05) is 29.3 Å². The van der Waals surface area contributed by atoms with Crippen LogP contribution in [0.5, 0.6) is 0 Å². The molecule has 0 atom stereocenters. The fourth-order valence-corrected chi connectivity index (χ4v) is 2.60. The van der Waals surface area contributed by atoms with Crippen LogP contribution in [-0.2, 0) is 0 Å². The molecule has 0 aliphatic heterocycles. The van der Waals surface area contributed by atoms with E-state index in [1.807, 2.05) is 0 Å². The van der Waals surface area contributed by atoms with E-state index in [-0.39, 0.29) is 10.7 Å². The van der Waals surface area contributed by atoms with Crippen molar-refractivity contribution in [3.05, 3.63) is 70.1 Å². The smallest absolute Gasteiger partial charge is 0.356 e. The van der Waals surface area contributed by atoms with E-state index in [0.717, 1.165) is 0 Å². The zero-order valence-corrected chi connectivity index (χ0v) is 13.0. The van der Waals surface area contributed by atoms with Crippen LogP contribution in [0.1, 0.15) is 10.5 Å². The Morgan fingerprint density at radius 3 is 2.52 bits per heavy atom. The van der Waals surface area contributed by atoms with Crippen LogP contribution in [0.3, 0.4) is 0 Å². The van der Waals surface area contributed by atoms with Gasteiger partial charge in [0.25, 0.3) is 0 Å². The minimum Gasteiger partial charge on any atom is -0.476 e. The molecule has 1 heterocycles. The van der Waals surface area contributed by atoms with E-state index in [2.05, 4.69) is 5.10 Å². The molecule has 0 fully saturated rings. The van der Waals surface area contributed by atoms with E-state index in [1.54, 1.807) is 24.3 Å². The van der Waals surface area contributed by atoms with Crippen molar-refractivity contribution >= 4 is 29.2 Å². The van der Waals surface area contributed by atoms with Gasteiger partial charge in [-0.2, -0.15) is 5.10 Å². The number of aromatic nitrogens is 2. The molecule has 0 radical (unpaired) electrons. The van der Waals surface area contributed by atoms with E-state index in [1.165, 1.54) is 28.9 Å². The molecule has 0 bridgehead atoms. The molecule has 0 saturated carbocycles. The zero-order chi connectivity index (χ0) is 16.6. The van der Waals surface area contributed by atoms with Gasteiger partial charge in [-0.3, -0.25) is 0 Å². The number of halogens is 3. The highest BCUT2D eigenvalue weighted by molar-refractivity contribution is 6.31. The second-order valence-electron chi connectivity index (χ2n) is 4.77. The number of hydrogen-bond donors (Lipinski definition) is 1. The Hall–Kier alpha value is -2.37. The van der Waals surface area contributed by atoms with Gasteiger partial charge in [-0.05, 0) is 42.5 Å². The average molecular weight is 351 g/mol. The molecular weight excluding hydrogens is 342 g/mol. The van der Waals surface area contributed by atoms with Crippen LogP contribution in [-0.4, -0.2) is 20.9 Å². The normalized spacial score (nSPS) is 10.7. The molecule has 0 aliphatic carbocycles. The molecular formula is C16H9Cl2FN2O2. The van der Waals surface area contributed by atoms with Crippen LogP contribution in [0.2, 0.25) is 10.0 Å². The Balaban J connectivity index is 2.25. The fourth-order valence-electron chi connectivity index (χ4n) is 2.20. The molecule has 116 valence electrons. The summed E-state index contributed by atoms with van der Waals surface area (Å²) < 4.78 is 15.0. The SMILES string of the molecule is O=C(O)c1cc(-c2cc(F)cc(Cl)c2)n(-c2cccc(Cl)c2)n1. The van der Waals surface area contributed by atoms with Crippen molar-refractivity contribution < 1.29 is 14.3 Å². The third-order valence-corrected chi connectivity index (χ3v) is 3.59. The van der Waals surface area contributed by atoms with Crippen molar-refractivity contribution in [3.63, 3.8) is 0 Å². The maximum Gasteiger partial charge on any atom is 0.356 e. The highest BCUT2D eigenvalue weighted by Crippen LogP contribution is 2.28. The van der Waals surface area contributed by atoms with E-state index in [0.29, 0.717) is 22.0 Å². The Labute approximate surface area is 140 Å². The number of nitrogens with zero attached hydrogens (tertiary/aromatic N) is 2. The summed E-state index contributed by atoms with van der Waals surface area (Å²) >= 11 is 11.9. The molecule has 0 saturated heterocycles. The maximum absolute atomic E-state index is 13.6. The summed E-state index contributed by atoms with van der Waals surface area (Å²) in [6, 6.07) is 12.1. The van der Waals surface area contributed by atoms with Crippen LogP contribution in [0.4, 0.5) is 4.39 Å². The molecule has 3 aromatic rings. The lowest BCUT2D eigenvalue weighted by Crippen LogP contribution is -2.02. The number of carboxylic acids is 1. The fraction of sp³-hybridized carbons (Fsp3) is 0. The van der Waals surface area contributed by atoms with E-state index >= 15 is 0 Å². The van der Waals surface area contributed by atoms with Crippen LogP contribution in [0.15, 0.2) is 48.5 Å². The van der Waals surface area contributed by atoms with Gasteiger partial charge in [-0.25, -0.2) is 13.9 Å². The summed E-state index contributed by atoms with van der Waals surface area (Å²) in [5.41, 5.74) is 1.20. The van der Waals surface area contributed by atoms with Crippen LogP contribution in [0.25, 0.3) is 16.9 Å². The molecule has 0 aliphatic rings. The minimum absolute atomic E-state index is 0.166. The Morgan fingerprint density at radius 1 is 1.09 bits per heavy atom. The van der Waals surface area contributed by atoms with Gasteiger partial charge in [0.1, 0.15) is 5.82 Å². The van der Waals surface area contributed by atoms with E-state index in [9.17, 15) is 14.3 Å². The monoisotopic (exact) mass is 350 g/mol. The van der Waals surface area contributed by atoms with Gasteiger partial charge in [-0.15, -0.1) is 0 Å². The summed E-state index contributed by atoms with van der Waals surface area (Å²) in [5.74, 6) is -1.71. The number of carbonyl (C=O) groups is 1. The number of rotatable bonds is 3. The summed E-state index contributed by atoms with van der Waals surface area (Å²) in [6.45, 7) is 0. The van der Waals surface area contributed by atoms with Gasteiger partial charge in [0, 0.05) is 15.6 Å². The first-order valence-electron chi connectivity index (χ1n) is 6.50. The third-order valence-electron chi connectivity index (χ3n) is 3.14. The molecule has 0 amide bonds. The van der Waals surface area contributed by atoms with Crippen LogP contribution < -0.4 is 0 Å². The maximum atomic E-state index is 13.6. The topological polar surface area (TPSA) is 55.1 Å². The molecule has 1 aromatic heterocycles. The second kappa shape index (κ2) is 6.02. The largest absolute Gasteiger partial charge is 0.476 e. The van der Waals surface area contributed by atoms with Crippen molar-refractivity contribution in [2.75, 3.05) is 0 Å². The van der Waals surface area contributed by atoms with Crippen molar-refractivity contribution in [3.8, 4) is 16.9 Å². The van der Waals surface area contributed by atoms with Crippen molar-refractivity contribution in [1.29, 1.82) is 0 Å². The quantitative estimate of drug-likeness (QED) is 0.745. The first-order chi connectivity index (χ1) is 10.9. The van der Waals surface area contributed by atoms with E-state index < -0.39 is 11.8 Å². The zero-order valence-electron chi connectivity index (χ0n) is 11.5. The minimum atomic E-state index is -1.19. The molecule has 23 heavy (non-hydrogen) atoms. The lowest BCUT2D eigenvalue weighted by Gasteiger charge is -2.08. The second-order valence-corrected chi connectivity index (χ2v) is 5.64. The van der Waals surface area contributed by atoms with Crippen LogP contribution >= 0.6 is 23.2 Å². The molecule has 7 heteroatoms. The van der Waals surface area contributed by atoms with Gasteiger partial charge in [0.15, 0.2) is 5.69 Å². The van der Waals surface area contributed by atoms with Crippen molar-refractivity contribution in [1.82, 2.24) is 9.78 Å². The lowest BCUT2D eigenvalue weighted by atomic mass is 10.1. The summed E-state index contributed by atoms with van der Waals surface area (Å²) in [7, 11) is 0. The molecule has 4 nitrogen and oxygen atoms in total. The lowest BCUT2D eigenvalue weighted by molar-refractivity contribution is 0.0690. The predicted octanol–water partition coefficient (Wildman–Crippen LogP) is 4.68. The number of hydrogen-bond acceptors (Lipinski definition) is 2. The van der Waals surface area contributed by atoms with Gasteiger partial charge >= 0.3 is 5.97 Å². The Morgan fingerprint density at radius 2 is 1.87 bits per heavy atom. The highest BCUT2D eigenvalue weighted by atomic mass is 35.5. The summed E-state index contributed by atoms with van der Waals surface area (Å²) in [5, 5.41) is 13.9. The molecule has 1 N–H and O–H groups in total. The van der Waals surface area contributed by atoms with E-state index in [4.69, 9.17) is 23.2 Å². The van der Waals surface area contributed by atoms with Gasteiger partial charge in [0.2, 0.25) is 0 Å². The molecule has 0 spiro atoms. The van der Waals surface area contributed by atoms with Crippen molar-refractivity contribution in [2.45, 2.75) is 0 Å². The van der Waals surface area contributed by atoms with Crippen molar-refractivity contribution in [2.24, 2.45) is 0 Å². The highest BCUT2D eigenvalue weighted by Gasteiger charge is 2.17.